The number of rotatable bonds is 10. The van der Waals surface area contributed by atoms with Gasteiger partial charge < -0.3 is 10.2 Å². The molecule has 1 atom stereocenters. The quantitative estimate of drug-likeness (QED) is 0.426. The molecule has 0 aliphatic heterocycles. The van der Waals surface area contributed by atoms with Crippen LogP contribution in [-0.4, -0.2) is 52.8 Å². The Balaban J connectivity index is 1.89. The molecule has 2 heterocycles. The van der Waals surface area contributed by atoms with E-state index in [2.05, 4.69) is 24.1 Å². The van der Waals surface area contributed by atoms with Crippen LogP contribution in [0.4, 0.5) is 0 Å². The summed E-state index contributed by atoms with van der Waals surface area (Å²) in [5.41, 5.74) is 1.29. The van der Waals surface area contributed by atoms with E-state index >= 15 is 0 Å². The first kappa shape index (κ1) is 24.3. The van der Waals surface area contributed by atoms with Crippen LogP contribution in [0.1, 0.15) is 56.9 Å². The number of aryl methyl sites for hydroxylation is 2. The third kappa shape index (κ3) is 6.11. The maximum Gasteiger partial charge on any atom is 0.263 e. The predicted molar refractivity (Wildman–Crippen MR) is 131 cm³/mol. The van der Waals surface area contributed by atoms with Crippen molar-refractivity contribution in [2.75, 3.05) is 27.2 Å². The Morgan fingerprint density at radius 1 is 1.26 bits per heavy atom. The topological polar surface area (TPSA) is 67.2 Å². The molecule has 1 unspecified atom stereocenters. The van der Waals surface area contributed by atoms with Crippen molar-refractivity contribution in [1.29, 1.82) is 0 Å². The summed E-state index contributed by atoms with van der Waals surface area (Å²) in [4.78, 5) is 35.4. The third-order valence-electron chi connectivity index (χ3n) is 5.70. The fourth-order valence-corrected chi connectivity index (χ4v) is 6.15. The van der Waals surface area contributed by atoms with Gasteiger partial charge in [-0.15, -0.1) is 11.3 Å². The van der Waals surface area contributed by atoms with Gasteiger partial charge in [-0.05, 0) is 77.6 Å². The van der Waals surface area contributed by atoms with Gasteiger partial charge in [0.1, 0.15) is 4.83 Å². The highest BCUT2D eigenvalue weighted by atomic mass is 32.2. The summed E-state index contributed by atoms with van der Waals surface area (Å²) in [6.07, 6.45) is 6.19. The molecule has 3 rings (SSSR count). The van der Waals surface area contributed by atoms with Crippen LogP contribution in [0, 0.1) is 5.92 Å². The average molecular weight is 465 g/mol. The lowest BCUT2D eigenvalue weighted by molar-refractivity contribution is -0.120. The van der Waals surface area contributed by atoms with E-state index < -0.39 is 0 Å². The molecular formula is C23H36N4O2S2. The summed E-state index contributed by atoms with van der Waals surface area (Å²) in [5.74, 6) is 0.560. The summed E-state index contributed by atoms with van der Waals surface area (Å²) in [6.45, 7) is 8.40. The Kier molecular flexibility index (Phi) is 8.58. The van der Waals surface area contributed by atoms with Crippen LogP contribution < -0.4 is 10.9 Å². The molecule has 0 fully saturated rings. The van der Waals surface area contributed by atoms with Gasteiger partial charge in [-0.25, -0.2) is 4.98 Å². The smallest absolute Gasteiger partial charge is 0.263 e. The van der Waals surface area contributed by atoms with E-state index in [1.54, 1.807) is 11.3 Å². The van der Waals surface area contributed by atoms with Crippen LogP contribution in [0.2, 0.25) is 0 Å². The van der Waals surface area contributed by atoms with Crippen molar-refractivity contribution in [3.63, 3.8) is 0 Å². The average Bonchev–Trinajstić information content (AvgIpc) is 3.08. The highest BCUT2D eigenvalue weighted by Gasteiger charge is 2.24. The number of thioether (sulfide) groups is 1. The molecule has 8 heteroatoms. The van der Waals surface area contributed by atoms with Gasteiger partial charge >= 0.3 is 0 Å². The van der Waals surface area contributed by atoms with Gasteiger partial charge in [-0.2, -0.15) is 0 Å². The normalized spacial score (nSPS) is 14.9. The molecular weight excluding hydrogens is 428 g/mol. The van der Waals surface area contributed by atoms with E-state index in [9.17, 15) is 9.59 Å². The van der Waals surface area contributed by atoms with Crippen LogP contribution in [0.3, 0.4) is 0 Å². The Labute approximate surface area is 193 Å². The van der Waals surface area contributed by atoms with Crippen LogP contribution in [-0.2, 0) is 24.2 Å². The molecule has 0 aromatic carbocycles. The third-order valence-corrected chi connectivity index (χ3v) is 7.98. The second-order valence-electron chi connectivity index (χ2n) is 9.13. The number of amides is 1. The Morgan fingerprint density at radius 2 is 2.00 bits per heavy atom. The van der Waals surface area contributed by atoms with E-state index in [0.717, 1.165) is 48.9 Å². The van der Waals surface area contributed by atoms with Crippen molar-refractivity contribution in [3.05, 3.63) is 20.8 Å². The zero-order valence-electron chi connectivity index (χ0n) is 19.5. The highest BCUT2D eigenvalue weighted by Crippen LogP contribution is 2.35. The lowest BCUT2D eigenvalue weighted by atomic mass is 9.97. The number of hydrogen-bond acceptors (Lipinski definition) is 6. The second kappa shape index (κ2) is 11.0. The number of nitrogens with one attached hydrogen (secondary N) is 1. The molecule has 0 spiro atoms. The first-order valence-electron chi connectivity index (χ1n) is 11.4. The van der Waals surface area contributed by atoms with E-state index in [1.165, 1.54) is 28.6 Å². The molecule has 2 aromatic heterocycles. The molecule has 1 aliphatic rings. The predicted octanol–water partition coefficient (Wildman–Crippen LogP) is 3.93. The van der Waals surface area contributed by atoms with Crippen LogP contribution >= 0.6 is 23.1 Å². The Morgan fingerprint density at radius 3 is 2.71 bits per heavy atom. The standard InChI is InChI=1S/C23H36N4O2S2/c1-15(2)11-12-24-20(28)16(3)30-23-25-21-19(17-9-6-7-10-18(17)31-21)22(29)27(23)14-8-13-26(4)5/h15-16H,6-14H2,1-5H3,(H,24,28). The van der Waals surface area contributed by atoms with Gasteiger partial charge in [0, 0.05) is 18.0 Å². The summed E-state index contributed by atoms with van der Waals surface area (Å²) >= 11 is 3.08. The molecule has 1 amide bonds. The minimum absolute atomic E-state index is 0.00492. The Hall–Kier alpha value is -1.38. The molecule has 1 aliphatic carbocycles. The number of aromatic nitrogens is 2. The van der Waals surface area contributed by atoms with Crippen molar-refractivity contribution in [1.82, 2.24) is 19.8 Å². The number of thiophene rings is 1. The summed E-state index contributed by atoms with van der Waals surface area (Å²) < 4.78 is 1.82. The zero-order chi connectivity index (χ0) is 22.5. The van der Waals surface area contributed by atoms with E-state index in [0.29, 0.717) is 24.2 Å². The van der Waals surface area contributed by atoms with Crippen molar-refractivity contribution in [2.45, 2.75) is 76.2 Å². The largest absolute Gasteiger partial charge is 0.355 e. The second-order valence-corrected chi connectivity index (χ2v) is 11.5. The van der Waals surface area contributed by atoms with Crippen molar-refractivity contribution in [3.8, 4) is 0 Å². The van der Waals surface area contributed by atoms with Crippen LogP contribution in [0.25, 0.3) is 10.2 Å². The number of hydrogen-bond donors (Lipinski definition) is 1. The van der Waals surface area contributed by atoms with Crippen LogP contribution in [0.5, 0.6) is 0 Å². The monoisotopic (exact) mass is 464 g/mol. The number of nitrogens with zero attached hydrogens (tertiary/aromatic N) is 3. The maximum atomic E-state index is 13.6. The number of fused-ring (bicyclic) bond motifs is 3. The van der Waals surface area contributed by atoms with Gasteiger partial charge in [-0.1, -0.05) is 25.6 Å². The fraction of sp³-hybridized carbons (Fsp3) is 0.696. The van der Waals surface area contributed by atoms with Crippen molar-refractivity contribution in [2.24, 2.45) is 5.92 Å². The Bertz CT molecular complexity index is 965. The molecule has 0 radical (unpaired) electrons. The van der Waals surface area contributed by atoms with Gasteiger partial charge in [-0.3, -0.25) is 14.2 Å². The minimum Gasteiger partial charge on any atom is -0.355 e. The van der Waals surface area contributed by atoms with Gasteiger partial charge in [0.05, 0.1) is 10.6 Å². The van der Waals surface area contributed by atoms with E-state index in [4.69, 9.17) is 4.98 Å². The number of carbonyl (C=O) groups is 1. The molecule has 0 saturated heterocycles. The lowest BCUT2D eigenvalue weighted by Crippen LogP contribution is -2.33. The zero-order valence-corrected chi connectivity index (χ0v) is 21.1. The summed E-state index contributed by atoms with van der Waals surface area (Å²) in [7, 11) is 4.08. The van der Waals surface area contributed by atoms with Crippen molar-refractivity contribution < 1.29 is 4.79 Å². The molecule has 31 heavy (non-hydrogen) atoms. The molecule has 0 saturated carbocycles. The molecule has 1 N–H and O–H groups in total. The van der Waals surface area contributed by atoms with Gasteiger partial charge in [0.2, 0.25) is 5.91 Å². The van der Waals surface area contributed by atoms with Crippen molar-refractivity contribution >= 4 is 39.2 Å². The first-order chi connectivity index (χ1) is 14.8. The maximum absolute atomic E-state index is 13.6. The van der Waals surface area contributed by atoms with Crippen LogP contribution in [0.15, 0.2) is 9.95 Å². The minimum atomic E-state index is -0.300. The first-order valence-corrected chi connectivity index (χ1v) is 13.1. The SMILES string of the molecule is CC(C)CCNC(=O)C(C)Sc1nc2sc3c(c2c(=O)n1CCCN(C)C)CCCC3. The number of carbonyl (C=O) groups excluding carboxylic acids is 1. The molecule has 0 bridgehead atoms. The lowest BCUT2D eigenvalue weighted by Gasteiger charge is -2.17. The van der Waals surface area contributed by atoms with Gasteiger partial charge in [0.15, 0.2) is 5.16 Å². The summed E-state index contributed by atoms with van der Waals surface area (Å²) in [5, 5.41) is 4.21. The van der Waals surface area contributed by atoms with Gasteiger partial charge in [0.25, 0.3) is 5.56 Å². The summed E-state index contributed by atoms with van der Waals surface area (Å²) in [6, 6.07) is 0. The molecule has 2 aromatic rings. The van der Waals surface area contributed by atoms with E-state index in [1.807, 2.05) is 25.6 Å². The highest BCUT2D eigenvalue weighted by molar-refractivity contribution is 8.00. The molecule has 172 valence electrons. The van der Waals surface area contributed by atoms with E-state index in [-0.39, 0.29) is 16.7 Å². The molecule has 6 nitrogen and oxygen atoms in total. The fourth-order valence-electron chi connectivity index (χ4n) is 3.89.